The zero-order chi connectivity index (χ0) is 11.1. The largest absolute Gasteiger partial charge is 0.397 e. The van der Waals surface area contributed by atoms with E-state index in [0.29, 0.717) is 8.95 Å². The summed E-state index contributed by atoms with van der Waals surface area (Å²) in [5.41, 5.74) is 5.85. The van der Waals surface area contributed by atoms with Crippen LogP contribution in [-0.2, 0) is 4.57 Å². The second kappa shape index (κ2) is 4.23. The molecular formula is C6H5Br3NO3P. The van der Waals surface area contributed by atoms with Crippen LogP contribution in [0.2, 0.25) is 0 Å². The lowest BCUT2D eigenvalue weighted by molar-refractivity contribution is 0.387. The number of anilines is 1. The molecule has 0 fully saturated rings. The van der Waals surface area contributed by atoms with Crippen molar-refractivity contribution in [3.63, 3.8) is 0 Å². The number of benzene rings is 1. The summed E-state index contributed by atoms with van der Waals surface area (Å²) in [5.74, 6) is 0. The van der Waals surface area contributed by atoms with Gasteiger partial charge in [-0.05, 0) is 53.9 Å². The van der Waals surface area contributed by atoms with Crippen LogP contribution in [0.3, 0.4) is 0 Å². The van der Waals surface area contributed by atoms with Crippen LogP contribution < -0.4 is 11.0 Å². The molecule has 0 atom stereocenters. The monoisotopic (exact) mass is 407 g/mol. The van der Waals surface area contributed by atoms with Crippen molar-refractivity contribution < 1.29 is 14.4 Å². The van der Waals surface area contributed by atoms with E-state index in [0.717, 1.165) is 0 Å². The molecule has 0 aliphatic rings. The first kappa shape index (κ1) is 12.7. The average molecular weight is 410 g/mol. The molecule has 1 rings (SSSR count). The fourth-order valence-electron chi connectivity index (χ4n) is 0.862. The van der Waals surface area contributed by atoms with Gasteiger partial charge in [-0.25, -0.2) is 0 Å². The lowest BCUT2D eigenvalue weighted by Gasteiger charge is -2.12. The third-order valence-electron chi connectivity index (χ3n) is 1.47. The lowest BCUT2D eigenvalue weighted by Crippen LogP contribution is -2.10. The molecule has 1 aromatic carbocycles. The molecule has 0 saturated heterocycles. The topological polar surface area (TPSA) is 83.6 Å². The predicted octanol–water partition coefficient (Wildman–Crippen LogP) is 2.36. The first-order valence-corrected chi connectivity index (χ1v) is 7.23. The molecule has 8 heteroatoms. The summed E-state index contributed by atoms with van der Waals surface area (Å²) in [5, 5.41) is -0.141. The quantitative estimate of drug-likeness (QED) is 0.491. The Morgan fingerprint density at radius 1 is 1.21 bits per heavy atom. The van der Waals surface area contributed by atoms with Gasteiger partial charge in [0, 0.05) is 8.95 Å². The van der Waals surface area contributed by atoms with E-state index in [4.69, 9.17) is 15.5 Å². The van der Waals surface area contributed by atoms with E-state index in [1.807, 2.05) is 0 Å². The molecule has 0 bridgehead atoms. The molecule has 0 unspecified atom stereocenters. The summed E-state index contributed by atoms with van der Waals surface area (Å²) in [4.78, 5) is 18.1. The number of rotatable bonds is 1. The number of hydrogen-bond donors (Lipinski definition) is 3. The van der Waals surface area contributed by atoms with Gasteiger partial charge < -0.3 is 15.5 Å². The Morgan fingerprint density at radius 3 is 2.14 bits per heavy atom. The van der Waals surface area contributed by atoms with Gasteiger partial charge in [0.25, 0.3) is 0 Å². The van der Waals surface area contributed by atoms with Gasteiger partial charge in [-0.2, -0.15) is 0 Å². The van der Waals surface area contributed by atoms with Gasteiger partial charge in [0.2, 0.25) is 0 Å². The van der Waals surface area contributed by atoms with E-state index >= 15 is 0 Å². The Labute approximate surface area is 105 Å². The van der Waals surface area contributed by atoms with E-state index in [1.165, 1.54) is 6.07 Å². The highest BCUT2D eigenvalue weighted by atomic mass is 79.9. The highest BCUT2D eigenvalue weighted by Crippen LogP contribution is 2.43. The van der Waals surface area contributed by atoms with Crippen LogP contribution in [0, 0.1) is 0 Å². The van der Waals surface area contributed by atoms with Gasteiger partial charge in [-0.3, -0.25) is 4.57 Å². The van der Waals surface area contributed by atoms with Crippen molar-refractivity contribution >= 4 is 66.4 Å². The minimum atomic E-state index is -4.33. The normalized spacial score (nSPS) is 11.8. The maximum atomic E-state index is 11.1. The van der Waals surface area contributed by atoms with Gasteiger partial charge in [-0.15, -0.1) is 0 Å². The molecular weight excluding hydrogens is 405 g/mol. The van der Waals surface area contributed by atoms with Gasteiger partial charge in [-0.1, -0.05) is 0 Å². The van der Waals surface area contributed by atoms with Crippen molar-refractivity contribution in [1.82, 2.24) is 0 Å². The molecule has 0 aromatic heterocycles. The standard InChI is InChI=1S/C6H5Br3NO3P/c7-2-1-3(8)6(14(11,12)13)4(9)5(2)10/h1H,10H2,(H2,11,12,13). The van der Waals surface area contributed by atoms with Gasteiger partial charge in [0.05, 0.1) is 15.5 Å². The Morgan fingerprint density at radius 2 is 1.71 bits per heavy atom. The Balaban J connectivity index is 3.61. The van der Waals surface area contributed by atoms with E-state index in [9.17, 15) is 4.57 Å². The summed E-state index contributed by atoms with van der Waals surface area (Å²) in [6.45, 7) is 0. The van der Waals surface area contributed by atoms with Crippen LogP contribution in [0.15, 0.2) is 19.5 Å². The highest BCUT2D eigenvalue weighted by Gasteiger charge is 2.26. The minimum Gasteiger partial charge on any atom is -0.397 e. The summed E-state index contributed by atoms with van der Waals surface area (Å²) in [7, 11) is -4.33. The van der Waals surface area contributed by atoms with Crippen LogP contribution in [0.5, 0.6) is 0 Å². The summed E-state index contributed by atoms with van der Waals surface area (Å²) >= 11 is 9.26. The first-order chi connectivity index (χ1) is 6.25. The molecule has 0 amide bonds. The summed E-state index contributed by atoms with van der Waals surface area (Å²) < 4.78 is 12.2. The fourth-order valence-corrected chi connectivity index (χ4v) is 5.09. The molecule has 14 heavy (non-hydrogen) atoms. The molecule has 78 valence electrons. The fraction of sp³-hybridized carbons (Fsp3) is 0. The van der Waals surface area contributed by atoms with Crippen molar-refractivity contribution in [1.29, 1.82) is 0 Å². The zero-order valence-corrected chi connectivity index (χ0v) is 12.2. The van der Waals surface area contributed by atoms with E-state index in [-0.39, 0.29) is 15.5 Å². The van der Waals surface area contributed by atoms with Crippen molar-refractivity contribution in [2.24, 2.45) is 0 Å². The van der Waals surface area contributed by atoms with Crippen molar-refractivity contribution in [3.05, 3.63) is 19.5 Å². The molecule has 4 N–H and O–H groups in total. The van der Waals surface area contributed by atoms with Crippen LogP contribution >= 0.6 is 55.4 Å². The Bertz CT molecular complexity index is 431. The van der Waals surface area contributed by atoms with Crippen LogP contribution in [0.1, 0.15) is 0 Å². The molecule has 0 heterocycles. The second-order valence-corrected chi connectivity index (χ2v) is 6.50. The van der Waals surface area contributed by atoms with E-state index in [1.54, 1.807) is 0 Å². The first-order valence-electron chi connectivity index (χ1n) is 3.24. The molecule has 0 aliphatic heterocycles. The maximum Gasteiger partial charge on any atom is 0.358 e. The minimum absolute atomic E-state index is 0.141. The van der Waals surface area contributed by atoms with Crippen LogP contribution in [-0.4, -0.2) is 9.79 Å². The van der Waals surface area contributed by atoms with E-state index in [2.05, 4.69) is 47.8 Å². The molecule has 0 radical (unpaired) electrons. The molecule has 0 saturated carbocycles. The molecule has 0 aliphatic carbocycles. The third-order valence-corrected chi connectivity index (χ3v) is 5.24. The number of nitrogen functional groups attached to an aromatic ring is 1. The predicted molar refractivity (Wildman–Crippen MR) is 65.6 cm³/mol. The second-order valence-electron chi connectivity index (χ2n) is 2.46. The summed E-state index contributed by atoms with van der Waals surface area (Å²) in [6, 6.07) is 1.49. The van der Waals surface area contributed by atoms with Gasteiger partial charge in [0.1, 0.15) is 0 Å². The van der Waals surface area contributed by atoms with E-state index < -0.39 is 7.60 Å². The van der Waals surface area contributed by atoms with Crippen LogP contribution in [0.4, 0.5) is 5.69 Å². The maximum absolute atomic E-state index is 11.1. The molecule has 0 spiro atoms. The van der Waals surface area contributed by atoms with Crippen LogP contribution in [0.25, 0.3) is 0 Å². The molecule has 4 nitrogen and oxygen atoms in total. The lowest BCUT2D eigenvalue weighted by atomic mass is 10.3. The Kier molecular flexibility index (Phi) is 3.83. The zero-order valence-electron chi connectivity index (χ0n) is 6.54. The van der Waals surface area contributed by atoms with Gasteiger partial charge >= 0.3 is 7.60 Å². The van der Waals surface area contributed by atoms with Crippen molar-refractivity contribution in [3.8, 4) is 0 Å². The summed E-state index contributed by atoms with van der Waals surface area (Å²) in [6.07, 6.45) is 0. The van der Waals surface area contributed by atoms with Gasteiger partial charge in [0.15, 0.2) is 0 Å². The number of nitrogens with two attached hydrogens (primary N) is 1. The highest BCUT2D eigenvalue weighted by molar-refractivity contribution is 9.12. The average Bonchev–Trinajstić information content (AvgIpc) is 1.97. The number of hydrogen-bond acceptors (Lipinski definition) is 2. The smallest absolute Gasteiger partial charge is 0.358 e. The SMILES string of the molecule is Nc1c(Br)cc(Br)c(P(=O)(O)O)c1Br. The van der Waals surface area contributed by atoms with Crippen molar-refractivity contribution in [2.75, 3.05) is 5.73 Å². The molecule has 1 aromatic rings. The Hall–Kier alpha value is 0.610. The van der Waals surface area contributed by atoms with Crippen molar-refractivity contribution in [2.45, 2.75) is 0 Å². The third kappa shape index (κ3) is 2.40. The number of halogens is 3.